The van der Waals surface area contributed by atoms with Crippen molar-refractivity contribution in [1.29, 1.82) is 0 Å². The summed E-state index contributed by atoms with van der Waals surface area (Å²) >= 11 is 0. The Labute approximate surface area is 205 Å². The van der Waals surface area contributed by atoms with Crippen LogP contribution in [0.5, 0.6) is 0 Å². The van der Waals surface area contributed by atoms with Crippen molar-refractivity contribution in [3.63, 3.8) is 0 Å². The first-order chi connectivity index (χ1) is 17.0. The van der Waals surface area contributed by atoms with E-state index in [1.54, 1.807) is 0 Å². The predicted octanol–water partition coefficient (Wildman–Crippen LogP) is 4.50. The normalized spacial score (nSPS) is 20.5. The molecule has 174 valence electrons. The third kappa shape index (κ3) is 3.49. The summed E-state index contributed by atoms with van der Waals surface area (Å²) in [6.45, 7) is 0. The molecule has 1 aliphatic carbocycles. The molecule has 1 aliphatic heterocycles. The van der Waals surface area contributed by atoms with E-state index in [2.05, 4.69) is 4.72 Å². The van der Waals surface area contributed by atoms with Crippen LogP contribution in [0.15, 0.2) is 109 Å². The minimum Gasteiger partial charge on any atom is -0.271 e. The molecule has 1 fully saturated rings. The lowest BCUT2D eigenvalue weighted by atomic mass is 9.82. The highest BCUT2D eigenvalue weighted by molar-refractivity contribution is 7.88. The third-order valence-corrected chi connectivity index (χ3v) is 8.53. The SMILES string of the molecule is O=C1N(C(c2ccccc2)c2ccccc2)S(=O)(=O)NC12Cc1ccccc1Cc1ccccc12. The molecular weight excluding hydrogens is 456 g/mol. The maximum atomic E-state index is 14.5. The number of hydrogen-bond donors (Lipinski definition) is 1. The van der Waals surface area contributed by atoms with E-state index in [1.807, 2.05) is 109 Å². The molecule has 1 amide bonds. The minimum absolute atomic E-state index is 0.255. The molecule has 0 radical (unpaired) electrons. The molecule has 1 atom stereocenters. The zero-order chi connectivity index (χ0) is 24.0. The first-order valence-corrected chi connectivity index (χ1v) is 13.1. The van der Waals surface area contributed by atoms with Crippen LogP contribution < -0.4 is 4.72 Å². The van der Waals surface area contributed by atoms with Gasteiger partial charge in [-0.3, -0.25) is 4.79 Å². The molecule has 35 heavy (non-hydrogen) atoms. The monoisotopic (exact) mass is 480 g/mol. The van der Waals surface area contributed by atoms with Gasteiger partial charge in [0.05, 0.1) is 6.04 Å². The van der Waals surface area contributed by atoms with Crippen molar-refractivity contribution < 1.29 is 13.2 Å². The fourth-order valence-electron chi connectivity index (χ4n) is 5.46. The van der Waals surface area contributed by atoms with Crippen LogP contribution >= 0.6 is 0 Å². The summed E-state index contributed by atoms with van der Waals surface area (Å²) in [5, 5.41) is 0. The Balaban J connectivity index is 1.58. The second-order valence-electron chi connectivity index (χ2n) is 9.12. The summed E-state index contributed by atoms with van der Waals surface area (Å²) in [6, 6.07) is 33.5. The van der Waals surface area contributed by atoms with Gasteiger partial charge in [0.25, 0.3) is 5.91 Å². The standard InChI is InChI=1S/C29H24N2O3S/c32-28-29(20-25-17-8-7-15-23(25)19-24-16-9-10-18-26(24)29)30-35(33,34)31(28)27(21-11-3-1-4-12-21)22-13-5-2-6-14-22/h1-18,27,30H,19-20H2. The predicted molar refractivity (Wildman–Crippen MR) is 135 cm³/mol. The van der Waals surface area contributed by atoms with E-state index < -0.39 is 27.7 Å². The zero-order valence-electron chi connectivity index (χ0n) is 19.0. The number of benzene rings is 4. The van der Waals surface area contributed by atoms with Gasteiger partial charge in [-0.25, -0.2) is 4.31 Å². The maximum absolute atomic E-state index is 14.5. The largest absolute Gasteiger partial charge is 0.305 e. The van der Waals surface area contributed by atoms with E-state index in [-0.39, 0.29) is 6.42 Å². The molecule has 4 aromatic rings. The summed E-state index contributed by atoms with van der Waals surface area (Å²) in [4.78, 5) is 14.5. The van der Waals surface area contributed by atoms with Crippen LogP contribution in [0, 0.1) is 0 Å². The summed E-state index contributed by atoms with van der Waals surface area (Å²) < 4.78 is 31.6. The molecule has 0 aromatic heterocycles. The first-order valence-electron chi connectivity index (χ1n) is 11.6. The van der Waals surface area contributed by atoms with E-state index >= 15 is 0 Å². The van der Waals surface area contributed by atoms with Crippen LogP contribution in [0.3, 0.4) is 0 Å². The number of nitrogens with zero attached hydrogens (tertiary/aromatic N) is 1. The van der Waals surface area contributed by atoms with Crippen LogP contribution in [0.1, 0.15) is 39.4 Å². The van der Waals surface area contributed by atoms with Gasteiger partial charge in [-0.2, -0.15) is 13.1 Å². The van der Waals surface area contributed by atoms with Gasteiger partial charge in [-0.15, -0.1) is 0 Å². The van der Waals surface area contributed by atoms with Crippen LogP contribution in [0.2, 0.25) is 0 Å². The average Bonchev–Trinajstić information content (AvgIpc) is 2.99. The second kappa shape index (κ2) is 8.18. The van der Waals surface area contributed by atoms with Gasteiger partial charge in [0.2, 0.25) is 0 Å². The lowest BCUT2D eigenvalue weighted by Gasteiger charge is -2.30. The van der Waals surface area contributed by atoms with Gasteiger partial charge in [-0.05, 0) is 39.8 Å². The Morgan fingerprint density at radius 1 is 0.686 bits per heavy atom. The number of carbonyl (C=O) groups is 1. The molecule has 1 N–H and O–H groups in total. The number of amides is 1. The smallest absolute Gasteiger partial charge is 0.271 e. The van der Waals surface area contributed by atoms with Gasteiger partial charge in [0.1, 0.15) is 5.54 Å². The van der Waals surface area contributed by atoms with Gasteiger partial charge >= 0.3 is 10.2 Å². The molecule has 6 heteroatoms. The Hall–Kier alpha value is -3.74. The molecule has 1 spiro atoms. The van der Waals surface area contributed by atoms with E-state index in [0.717, 1.165) is 32.1 Å². The molecule has 0 saturated carbocycles. The minimum atomic E-state index is -4.17. The van der Waals surface area contributed by atoms with E-state index in [1.165, 1.54) is 0 Å². The molecule has 4 aromatic carbocycles. The van der Waals surface area contributed by atoms with Crippen molar-refractivity contribution in [3.8, 4) is 0 Å². The lowest BCUT2D eigenvalue weighted by molar-refractivity contribution is -0.132. The van der Waals surface area contributed by atoms with Gasteiger partial charge in [0.15, 0.2) is 0 Å². The number of nitrogens with one attached hydrogen (secondary N) is 1. The highest BCUT2D eigenvalue weighted by atomic mass is 32.2. The second-order valence-corrected chi connectivity index (χ2v) is 10.7. The van der Waals surface area contributed by atoms with Crippen molar-refractivity contribution in [2.45, 2.75) is 24.4 Å². The van der Waals surface area contributed by atoms with Gasteiger partial charge < -0.3 is 0 Å². The topological polar surface area (TPSA) is 66.5 Å². The van der Waals surface area contributed by atoms with Crippen molar-refractivity contribution in [2.24, 2.45) is 0 Å². The Morgan fingerprint density at radius 2 is 1.20 bits per heavy atom. The van der Waals surface area contributed by atoms with Gasteiger partial charge in [0, 0.05) is 6.42 Å². The Kier molecular flexibility index (Phi) is 5.09. The van der Waals surface area contributed by atoms with E-state index in [9.17, 15) is 13.2 Å². The number of fused-ring (bicyclic) bond motifs is 3. The van der Waals surface area contributed by atoms with Crippen molar-refractivity contribution >= 4 is 16.1 Å². The summed E-state index contributed by atoms with van der Waals surface area (Å²) in [6.07, 6.45) is 0.898. The average molecular weight is 481 g/mol. The third-order valence-electron chi connectivity index (χ3n) is 7.02. The Bertz CT molecular complexity index is 1480. The lowest BCUT2D eigenvalue weighted by Crippen LogP contribution is -2.46. The van der Waals surface area contributed by atoms with Crippen LogP contribution in [-0.2, 0) is 33.4 Å². The van der Waals surface area contributed by atoms with Crippen molar-refractivity contribution in [2.75, 3.05) is 0 Å². The number of rotatable bonds is 3. The first kappa shape index (κ1) is 21.8. The highest BCUT2D eigenvalue weighted by Crippen LogP contribution is 2.44. The summed E-state index contributed by atoms with van der Waals surface area (Å²) in [5.41, 5.74) is 3.79. The molecule has 1 heterocycles. The molecular formula is C29H24N2O3S. The Morgan fingerprint density at radius 3 is 1.83 bits per heavy atom. The van der Waals surface area contributed by atoms with Crippen LogP contribution in [0.25, 0.3) is 0 Å². The van der Waals surface area contributed by atoms with Crippen LogP contribution in [-0.4, -0.2) is 18.6 Å². The molecule has 6 rings (SSSR count). The molecule has 1 unspecified atom stereocenters. The molecule has 5 nitrogen and oxygen atoms in total. The van der Waals surface area contributed by atoms with Crippen molar-refractivity contribution in [3.05, 3.63) is 143 Å². The van der Waals surface area contributed by atoms with Gasteiger partial charge in [-0.1, -0.05) is 109 Å². The van der Waals surface area contributed by atoms with Crippen LogP contribution in [0.4, 0.5) is 0 Å². The molecule has 0 bridgehead atoms. The van der Waals surface area contributed by atoms with Crippen molar-refractivity contribution in [1.82, 2.24) is 9.03 Å². The highest BCUT2D eigenvalue weighted by Gasteiger charge is 2.59. The zero-order valence-corrected chi connectivity index (χ0v) is 19.8. The maximum Gasteiger partial charge on any atom is 0.305 e. The quantitative estimate of drug-likeness (QED) is 0.470. The summed E-state index contributed by atoms with van der Waals surface area (Å²) in [5.74, 6) is -0.459. The number of hydrogen-bond acceptors (Lipinski definition) is 3. The fraction of sp³-hybridized carbons (Fsp3) is 0.138. The van der Waals surface area contributed by atoms with E-state index in [0.29, 0.717) is 12.0 Å². The molecule has 2 aliphatic rings. The summed E-state index contributed by atoms with van der Waals surface area (Å²) in [7, 11) is -4.17. The number of carbonyl (C=O) groups excluding carboxylic acids is 1. The fourth-order valence-corrected chi connectivity index (χ4v) is 7.16. The van der Waals surface area contributed by atoms with E-state index in [4.69, 9.17) is 0 Å². The molecule has 1 saturated heterocycles.